The molecule has 3 rings (SSSR count). The van der Waals surface area contributed by atoms with Crippen molar-refractivity contribution >= 4 is 23.5 Å². The molecule has 0 aliphatic carbocycles. The fourth-order valence-electron chi connectivity index (χ4n) is 2.95. The molecule has 2 aliphatic rings. The van der Waals surface area contributed by atoms with Gasteiger partial charge < -0.3 is 20.4 Å². The number of rotatable bonds is 5. The summed E-state index contributed by atoms with van der Waals surface area (Å²) >= 11 is 0. The molecule has 1 atom stereocenters. The predicted molar refractivity (Wildman–Crippen MR) is 84.9 cm³/mol. The van der Waals surface area contributed by atoms with Gasteiger partial charge in [0, 0.05) is 38.4 Å². The van der Waals surface area contributed by atoms with Crippen LogP contribution in [0.2, 0.25) is 0 Å². The lowest BCUT2D eigenvalue weighted by Crippen LogP contribution is -2.41. The minimum atomic E-state index is -0.636. The van der Waals surface area contributed by atoms with E-state index in [2.05, 4.69) is 10.6 Å². The number of para-hydroxylation sites is 1. The minimum Gasteiger partial charge on any atom is -0.354 e. The molecule has 0 radical (unpaired) electrons. The summed E-state index contributed by atoms with van der Waals surface area (Å²) in [6.45, 7) is 2.66. The van der Waals surface area contributed by atoms with E-state index in [9.17, 15) is 14.4 Å². The zero-order valence-corrected chi connectivity index (χ0v) is 12.8. The molecule has 1 aromatic rings. The van der Waals surface area contributed by atoms with Crippen molar-refractivity contribution in [3.8, 4) is 0 Å². The third-order valence-electron chi connectivity index (χ3n) is 4.22. The molecular weight excluding hydrogens is 296 g/mol. The lowest BCUT2D eigenvalue weighted by Gasteiger charge is -2.17. The van der Waals surface area contributed by atoms with E-state index in [1.165, 1.54) is 0 Å². The standard InChI is InChI=1S/C16H20N4O3/c21-14(17-7-10-19-11-8-18-16(19)23)13-6-9-20(15(13)22)12-4-2-1-3-5-12/h1-5,13H,6-11H2,(H,17,21)(H,18,23)/t13-/m0/s1. The second-order valence-corrected chi connectivity index (χ2v) is 5.68. The van der Waals surface area contributed by atoms with E-state index < -0.39 is 5.92 Å². The van der Waals surface area contributed by atoms with Crippen molar-refractivity contribution in [2.24, 2.45) is 5.92 Å². The maximum Gasteiger partial charge on any atom is 0.317 e. The van der Waals surface area contributed by atoms with Gasteiger partial charge in [-0.1, -0.05) is 18.2 Å². The van der Waals surface area contributed by atoms with Gasteiger partial charge in [-0.3, -0.25) is 9.59 Å². The van der Waals surface area contributed by atoms with Crippen LogP contribution in [0.3, 0.4) is 0 Å². The van der Waals surface area contributed by atoms with Gasteiger partial charge in [0.2, 0.25) is 11.8 Å². The Morgan fingerprint density at radius 3 is 2.70 bits per heavy atom. The second kappa shape index (κ2) is 6.68. The molecule has 4 amide bonds. The number of benzene rings is 1. The van der Waals surface area contributed by atoms with Gasteiger partial charge in [0.25, 0.3) is 0 Å². The molecule has 2 fully saturated rings. The van der Waals surface area contributed by atoms with Crippen LogP contribution in [0.5, 0.6) is 0 Å². The van der Waals surface area contributed by atoms with Crippen LogP contribution in [0.15, 0.2) is 30.3 Å². The van der Waals surface area contributed by atoms with Crippen LogP contribution in [-0.4, -0.2) is 55.5 Å². The Labute approximate surface area is 134 Å². The average Bonchev–Trinajstić information content (AvgIpc) is 3.14. The molecule has 0 unspecified atom stereocenters. The SMILES string of the molecule is O=C(NCCN1CCNC1=O)[C@@H]1CCN(c2ccccc2)C1=O. The fourth-order valence-corrected chi connectivity index (χ4v) is 2.95. The fraction of sp³-hybridized carbons (Fsp3) is 0.438. The zero-order valence-electron chi connectivity index (χ0n) is 12.8. The number of urea groups is 1. The van der Waals surface area contributed by atoms with Crippen molar-refractivity contribution in [2.75, 3.05) is 37.6 Å². The molecular formula is C16H20N4O3. The molecule has 0 spiro atoms. The topological polar surface area (TPSA) is 81.8 Å². The van der Waals surface area contributed by atoms with Crippen LogP contribution in [0.25, 0.3) is 0 Å². The summed E-state index contributed by atoms with van der Waals surface area (Å²) in [5.74, 6) is -1.05. The van der Waals surface area contributed by atoms with Gasteiger partial charge in [0.05, 0.1) is 0 Å². The Hall–Kier alpha value is -2.57. The molecule has 2 aliphatic heterocycles. The number of carbonyl (C=O) groups excluding carboxylic acids is 3. The third kappa shape index (κ3) is 3.28. The van der Waals surface area contributed by atoms with Crippen molar-refractivity contribution in [2.45, 2.75) is 6.42 Å². The molecule has 2 heterocycles. The van der Waals surface area contributed by atoms with Crippen molar-refractivity contribution in [3.63, 3.8) is 0 Å². The van der Waals surface area contributed by atoms with Crippen molar-refractivity contribution < 1.29 is 14.4 Å². The van der Waals surface area contributed by atoms with E-state index in [-0.39, 0.29) is 17.8 Å². The molecule has 2 N–H and O–H groups in total. The highest BCUT2D eigenvalue weighted by Gasteiger charge is 2.37. The first kappa shape index (κ1) is 15.3. The number of nitrogens with zero attached hydrogens (tertiary/aromatic N) is 2. The van der Waals surface area contributed by atoms with E-state index in [4.69, 9.17) is 0 Å². The van der Waals surface area contributed by atoms with Crippen LogP contribution in [0.4, 0.5) is 10.5 Å². The summed E-state index contributed by atoms with van der Waals surface area (Å²) in [7, 11) is 0. The Morgan fingerprint density at radius 1 is 1.22 bits per heavy atom. The monoisotopic (exact) mass is 316 g/mol. The van der Waals surface area contributed by atoms with E-state index >= 15 is 0 Å². The van der Waals surface area contributed by atoms with Crippen molar-refractivity contribution in [3.05, 3.63) is 30.3 Å². The normalized spacial score (nSPS) is 20.8. The van der Waals surface area contributed by atoms with Gasteiger partial charge in [-0.15, -0.1) is 0 Å². The van der Waals surface area contributed by atoms with Gasteiger partial charge in [0.1, 0.15) is 5.92 Å². The maximum atomic E-state index is 12.4. The van der Waals surface area contributed by atoms with Gasteiger partial charge in [-0.05, 0) is 18.6 Å². The van der Waals surface area contributed by atoms with Crippen LogP contribution in [0.1, 0.15) is 6.42 Å². The van der Waals surface area contributed by atoms with Crippen molar-refractivity contribution in [1.82, 2.24) is 15.5 Å². The Balaban J connectivity index is 1.50. The molecule has 1 aromatic carbocycles. The number of carbonyl (C=O) groups is 3. The van der Waals surface area contributed by atoms with Crippen LogP contribution >= 0.6 is 0 Å². The van der Waals surface area contributed by atoms with E-state index in [0.29, 0.717) is 39.1 Å². The summed E-state index contributed by atoms with van der Waals surface area (Å²) < 4.78 is 0. The quantitative estimate of drug-likeness (QED) is 0.760. The van der Waals surface area contributed by atoms with Gasteiger partial charge in [-0.2, -0.15) is 0 Å². The van der Waals surface area contributed by atoms with Gasteiger partial charge in [-0.25, -0.2) is 4.79 Å². The first-order chi connectivity index (χ1) is 11.2. The highest BCUT2D eigenvalue weighted by atomic mass is 16.2. The average molecular weight is 316 g/mol. The molecule has 122 valence electrons. The molecule has 0 aromatic heterocycles. The Morgan fingerprint density at radius 2 is 2.00 bits per heavy atom. The number of anilines is 1. The first-order valence-electron chi connectivity index (χ1n) is 7.84. The minimum absolute atomic E-state index is 0.105. The highest BCUT2D eigenvalue weighted by molar-refractivity contribution is 6.09. The summed E-state index contributed by atoms with van der Waals surface area (Å²) in [6, 6.07) is 9.26. The molecule has 7 heteroatoms. The molecule has 0 bridgehead atoms. The summed E-state index contributed by atoms with van der Waals surface area (Å²) in [5, 5.41) is 5.47. The van der Waals surface area contributed by atoms with E-state index in [0.717, 1.165) is 5.69 Å². The number of nitrogens with one attached hydrogen (secondary N) is 2. The van der Waals surface area contributed by atoms with E-state index in [1.807, 2.05) is 30.3 Å². The summed E-state index contributed by atoms with van der Waals surface area (Å²) in [6.07, 6.45) is 0.518. The predicted octanol–water partition coefficient (Wildman–Crippen LogP) is 0.181. The van der Waals surface area contributed by atoms with Crippen LogP contribution in [0, 0.1) is 5.92 Å². The molecule has 0 saturated carbocycles. The van der Waals surface area contributed by atoms with Gasteiger partial charge >= 0.3 is 6.03 Å². The molecule has 7 nitrogen and oxygen atoms in total. The van der Waals surface area contributed by atoms with Crippen LogP contribution in [-0.2, 0) is 9.59 Å². The number of hydrogen-bond donors (Lipinski definition) is 2. The van der Waals surface area contributed by atoms with Gasteiger partial charge in [0.15, 0.2) is 0 Å². The Kier molecular flexibility index (Phi) is 4.45. The first-order valence-corrected chi connectivity index (χ1v) is 7.84. The third-order valence-corrected chi connectivity index (χ3v) is 4.22. The van der Waals surface area contributed by atoms with E-state index in [1.54, 1.807) is 9.80 Å². The smallest absolute Gasteiger partial charge is 0.317 e. The molecule has 23 heavy (non-hydrogen) atoms. The van der Waals surface area contributed by atoms with Crippen molar-refractivity contribution in [1.29, 1.82) is 0 Å². The summed E-state index contributed by atoms with van der Waals surface area (Å²) in [4.78, 5) is 39.3. The molecule has 2 saturated heterocycles. The van der Waals surface area contributed by atoms with Crippen LogP contribution < -0.4 is 15.5 Å². The lowest BCUT2D eigenvalue weighted by atomic mass is 10.1. The second-order valence-electron chi connectivity index (χ2n) is 5.68. The number of amides is 4. The zero-order chi connectivity index (χ0) is 16.2. The largest absolute Gasteiger partial charge is 0.354 e. The Bertz CT molecular complexity index is 605. The highest BCUT2D eigenvalue weighted by Crippen LogP contribution is 2.24. The summed E-state index contributed by atoms with van der Waals surface area (Å²) in [5.41, 5.74) is 0.821. The number of hydrogen-bond acceptors (Lipinski definition) is 3. The lowest BCUT2D eigenvalue weighted by molar-refractivity contribution is -0.132. The maximum absolute atomic E-state index is 12.4.